The Hall–Kier alpha value is -1.71. The summed E-state index contributed by atoms with van der Waals surface area (Å²) in [6.07, 6.45) is 2.55. The summed E-state index contributed by atoms with van der Waals surface area (Å²) in [5.74, 6) is -0.501. The van der Waals surface area contributed by atoms with Crippen LogP contribution in [0.2, 0.25) is 0 Å². The minimum atomic E-state index is -0.501. The normalized spacial score (nSPS) is 10.4. The Morgan fingerprint density at radius 3 is 3.17 bits per heavy atom. The van der Waals surface area contributed by atoms with Crippen LogP contribution in [0.15, 0.2) is 29.3 Å². The monoisotopic (exact) mass is 164 g/mol. The molecule has 2 rings (SSSR count). The Kier molecular flexibility index (Phi) is 1.40. The van der Waals surface area contributed by atoms with Gasteiger partial charge in [0.25, 0.3) is 0 Å². The van der Waals surface area contributed by atoms with E-state index in [0.29, 0.717) is 5.65 Å². The highest BCUT2D eigenvalue weighted by Crippen LogP contribution is 2.03. The molecule has 0 aliphatic rings. The van der Waals surface area contributed by atoms with Gasteiger partial charge in [0.2, 0.25) is 0 Å². The molecule has 2 aromatic heterocycles. The van der Waals surface area contributed by atoms with Gasteiger partial charge in [0, 0.05) is 12.3 Å². The SMILES string of the molecule is O=c1cc[nH]c2ncc(F)cc12. The maximum Gasteiger partial charge on any atom is 0.191 e. The predicted octanol–water partition coefficient (Wildman–Crippen LogP) is 1.06. The molecule has 60 valence electrons. The van der Waals surface area contributed by atoms with E-state index < -0.39 is 5.82 Å². The van der Waals surface area contributed by atoms with Crippen LogP contribution in [0.4, 0.5) is 4.39 Å². The zero-order valence-corrected chi connectivity index (χ0v) is 6.04. The first-order valence-corrected chi connectivity index (χ1v) is 3.40. The first-order valence-electron chi connectivity index (χ1n) is 3.40. The van der Waals surface area contributed by atoms with E-state index in [-0.39, 0.29) is 10.8 Å². The van der Waals surface area contributed by atoms with E-state index in [0.717, 1.165) is 6.20 Å². The van der Waals surface area contributed by atoms with Crippen LogP contribution >= 0.6 is 0 Å². The van der Waals surface area contributed by atoms with E-state index in [1.807, 2.05) is 0 Å². The van der Waals surface area contributed by atoms with Gasteiger partial charge in [-0.25, -0.2) is 9.37 Å². The number of pyridine rings is 2. The van der Waals surface area contributed by atoms with Crippen molar-refractivity contribution in [3.8, 4) is 0 Å². The first-order chi connectivity index (χ1) is 5.77. The van der Waals surface area contributed by atoms with Crippen molar-refractivity contribution in [2.24, 2.45) is 0 Å². The van der Waals surface area contributed by atoms with Crippen LogP contribution in [0.1, 0.15) is 0 Å². The minimum absolute atomic E-state index is 0.226. The van der Waals surface area contributed by atoms with Gasteiger partial charge in [0.1, 0.15) is 11.5 Å². The molecule has 0 aromatic carbocycles. The molecular weight excluding hydrogens is 159 g/mol. The molecule has 0 unspecified atom stereocenters. The third-order valence-electron chi connectivity index (χ3n) is 1.57. The standard InChI is InChI=1S/C8H5FN2O/c9-5-3-6-7(12)1-2-10-8(6)11-4-5/h1-4H,(H,10,11,12). The minimum Gasteiger partial charge on any atom is -0.346 e. The molecule has 0 radical (unpaired) electrons. The van der Waals surface area contributed by atoms with E-state index >= 15 is 0 Å². The van der Waals surface area contributed by atoms with Crippen molar-refractivity contribution in [1.82, 2.24) is 9.97 Å². The molecule has 0 amide bonds. The second kappa shape index (κ2) is 2.41. The number of halogens is 1. The van der Waals surface area contributed by atoms with Crippen LogP contribution in [-0.2, 0) is 0 Å². The Balaban J connectivity index is 2.98. The highest BCUT2D eigenvalue weighted by Gasteiger charge is 1.99. The van der Waals surface area contributed by atoms with Gasteiger partial charge in [0.05, 0.1) is 11.6 Å². The van der Waals surface area contributed by atoms with Crippen molar-refractivity contribution in [2.75, 3.05) is 0 Å². The van der Waals surface area contributed by atoms with Crippen LogP contribution in [0.3, 0.4) is 0 Å². The Labute approximate surface area is 66.9 Å². The molecule has 0 saturated carbocycles. The van der Waals surface area contributed by atoms with E-state index in [9.17, 15) is 9.18 Å². The van der Waals surface area contributed by atoms with Gasteiger partial charge in [-0.3, -0.25) is 4.79 Å². The Morgan fingerprint density at radius 2 is 2.33 bits per heavy atom. The fraction of sp³-hybridized carbons (Fsp3) is 0. The van der Waals surface area contributed by atoms with Gasteiger partial charge in [-0.05, 0) is 6.07 Å². The average molecular weight is 164 g/mol. The van der Waals surface area contributed by atoms with Crippen molar-refractivity contribution in [1.29, 1.82) is 0 Å². The summed E-state index contributed by atoms with van der Waals surface area (Å²) in [5, 5.41) is 0.275. The van der Waals surface area contributed by atoms with Crippen molar-refractivity contribution in [2.45, 2.75) is 0 Å². The van der Waals surface area contributed by atoms with E-state index in [4.69, 9.17) is 0 Å². The van der Waals surface area contributed by atoms with Gasteiger partial charge in [-0.2, -0.15) is 0 Å². The molecule has 0 fully saturated rings. The maximum absolute atomic E-state index is 12.6. The fourth-order valence-corrected chi connectivity index (χ4v) is 1.03. The highest BCUT2D eigenvalue weighted by atomic mass is 19.1. The number of rotatable bonds is 0. The molecule has 4 heteroatoms. The topological polar surface area (TPSA) is 45.8 Å². The summed E-state index contributed by atoms with van der Waals surface area (Å²) >= 11 is 0. The van der Waals surface area contributed by atoms with Crippen molar-refractivity contribution >= 4 is 11.0 Å². The van der Waals surface area contributed by atoms with Crippen LogP contribution in [0.25, 0.3) is 11.0 Å². The van der Waals surface area contributed by atoms with Gasteiger partial charge >= 0.3 is 0 Å². The Bertz CT molecular complexity index is 478. The smallest absolute Gasteiger partial charge is 0.191 e. The lowest BCUT2D eigenvalue weighted by Gasteiger charge is -1.93. The van der Waals surface area contributed by atoms with Crippen molar-refractivity contribution in [3.63, 3.8) is 0 Å². The van der Waals surface area contributed by atoms with Gasteiger partial charge in [0.15, 0.2) is 5.43 Å². The molecule has 0 atom stereocenters. The molecule has 2 aromatic rings. The number of fused-ring (bicyclic) bond motifs is 1. The second-order valence-electron chi connectivity index (χ2n) is 2.39. The van der Waals surface area contributed by atoms with Gasteiger partial charge < -0.3 is 4.98 Å². The van der Waals surface area contributed by atoms with E-state index in [2.05, 4.69) is 9.97 Å². The molecule has 0 saturated heterocycles. The number of nitrogens with one attached hydrogen (secondary N) is 1. The number of aromatic amines is 1. The molecule has 0 spiro atoms. The molecular formula is C8H5FN2O. The summed E-state index contributed by atoms with van der Waals surface area (Å²) < 4.78 is 12.6. The Morgan fingerprint density at radius 1 is 1.50 bits per heavy atom. The molecule has 0 aliphatic carbocycles. The maximum atomic E-state index is 12.6. The second-order valence-corrected chi connectivity index (χ2v) is 2.39. The van der Waals surface area contributed by atoms with Crippen LogP contribution in [0.5, 0.6) is 0 Å². The van der Waals surface area contributed by atoms with Crippen molar-refractivity contribution in [3.05, 3.63) is 40.6 Å². The van der Waals surface area contributed by atoms with Crippen LogP contribution in [0, 0.1) is 5.82 Å². The zero-order chi connectivity index (χ0) is 8.55. The zero-order valence-electron chi connectivity index (χ0n) is 6.04. The lowest BCUT2D eigenvalue weighted by molar-refractivity contribution is 0.624. The molecule has 0 aliphatic heterocycles. The van der Waals surface area contributed by atoms with Crippen LogP contribution in [-0.4, -0.2) is 9.97 Å². The molecule has 1 N–H and O–H groups in total. The summed E-state index contributed by atoms with van der Waals surface area (Å²) in [5.41, 5.74) is 0.180. The predicted molar refractivity (Wildman–Crippen MR) is 42.3 cm³/mol. The van der Waals surface area contributed by atoms with Crippen molar-refractivity contribution < 1.29 is 4.39 Å². The lowest BCUT2D eigenvalue weighted by Crippen LogP contribution is -2.01. The number of hydrogen-bond donors (Lipinski definition) is 1. The third kappa shape index (κ3) is 0.972. The number of nitrogens with zero attached hydrogens (tertiary/aromatic N) is 1. The highest BCUT2D eigenvalue weighted by molar-refractivity contribution is 5.73. The quantitative estimate of drug-likeness (QED) is 0.632. The fourth-order valence-electron chi connectivity index (χ4n) is 1.03. The summed E-state index contributed by atoms with van der Waals surface area (Å²) in [7, 11) is 0. The largest absolute Gasteiger partial charge is 0.346 e. The molecule has 3 nitrogen and oxygen atoms in total. The first kappa shape index (κ1) is 6.97. The van der Waals surface area contributed by atoms with Gasteiger partial charge in [-0.15, -0.1) is 0 Å². The number of aromatic nitrogens is 2. The third-order valence-corrected chi connectivity index (χ3v) is 1.57. The number of H-pyrrole nitrogens is 1. The van der Waals surface area contributed by atoms with E-state index in [1.54, 1.807) is 0 Å². The molecule has 12 heavy (non-hydrogen) atoms. The van der Waals surface area contributed by atoms with Crippen LogP contribution < -0.4 is 5.43 Å². The van der Waals surface area contributed by atoms with E-state index in [1.165, 1.54) is 18.3 Å². The average Bonchev–Trinajstić information content (AvgIpc) is 2.07. The lowest BCUT2D eigenvalue weighted by atomic mass is 10.3. The summed E-state index contributed by atoms with van der Waals surface area (Å²) in [6, 6.07) is 2.50. The summed E-state index contributed by atoms with van der Waals surface area (Å²) in [6.45, 7) is 0. The number of hydrogen-bond acceptors (Lipinski definition) is 2. The summed E-state index contributed by atoms with van der Waals surface area (Å²) in [4.78, 5) is 17.6. The van der Waals surface area contributed by atoms with Gasteiger partial charge in [-0.1, -0.05) is 0 Å². The molecule has 0 bridgehead atoms. The molecule has 2 heterocycles.